The molecule has 4 nitrogen and oxygen atoms in total. The lowest BCUT2D eigenvalue weighted by Crippen LogP contribution is -2.12. The third-order valence-electron chi connectivity index (χ3n) is 4.95. The zero-order valence-corrected chi connectivity index (χ0v) is 15.0. The van der Waals surface area contributed by atoms with Crippen LogP contribution in [0.25, 0.3) is 11.0 Å². The number of alkyl halides is 3. The average molecular weight is 386 g/mol. The number of halogens is 3. The minimum Gasteiger partial charge on any atom is -0.459 e. The van der Waals surface area contributed by atoms with Gasteiger partial charge in [-0.05, 0) is 43.0 Å². The first kappa shape index (κ1) is 18.4. The van der Waals surface area contributed by atoms with Gasteiger partial charge in [-0.1, -0.05) is 30.3 Å². The first-order chi connectivity index (χ1) is 13.3. The highest BCUT2D eigenvalue weighted by atomic mass is 19.4. The van der Waals surface area contributed by atoms with Gasteiger partial charge in [-0.3, -0.25) is 4.79 Å². The third-order valence-corrected chi connectivity index (χ3v) is 4.95. The van der Waals surface area contributed by atoms with E-state index >= 15 is 0 Å². The smallest absolute Gasteiger partial charge is 0.416 e. The first-order valence-corrected chi connectivity index (χ1v) is 8.89. The highest BCUT2D eigenvalue weighted by Gasteiger charge is 2.48. The molecule has 7 heteroatoms. The second kappa shape index (κ2) is 6.89. The molecule has 0 aliphatic heterocycles. The molecule has 0 radical (unpaired) electrons. The Morgan fingerprint density at radius 3 is 2.43 bits per heavy atom. The van der Waals surface area contributed by atoms with Gasteiger partial charge in [-0.15, -0.1) is 0 Å². The van der Waals surface area contributed by atoms with E-state index in [-0.39, 0.29) is 12.2 Å². The van der Waals surface area contributed by atoms with Crippen LogP contribution in [0, 0.1) is 12.8 Å². The minimum absolute atomic E-state index is 0.0490. The number of aromatic nitrogens is 2. The van der Waals surface area contributed by atoms with E-state index in [4.69, 9.17) is 4.74 Å². The topological polar surface area (TPSA) is 52.1 Å². The Labute approximate surface area is 159 Å². The lowest BCUT2D eigenvalue weighted by Gasteiger charge is -2.12. The molecule has 144 valence electrons. The number of esters is 1. The fourth-order valence-electron chi connectivity index (χ4n) is 3.39. The summed E-state index contributed by atoms with van der Waals surface area (Å²) in [4.78, 5) is 21.2. The molecule has 1 aliphatic carbocycles. The van der Waals surface area contributed by atoms with Crippen LogP contribution in [0.15, 0.2) is 48.5 Å². The molecular formula is C21H17F3N2O2. The SMILES string of the molecule is Cc1nc2ccccc2nc1COC(=O)[C@H]1C[C@@H]1c1ccccc1C(F)(F)F. The van der Waals surface area contributed by atoms with Gasteiger partial charge in [0.05, 0.1) is 33.9 Å². The Bertz CT molecular complexity index is 1050. The van der Waals surface area contributed by atoms with Gasteiger partial charge in [0.1, 0.15) is 6.61 Å². The number of ether oxygens (including phenoxy) is 1. The van der Waals surface area contributed by atoms with E-state index in [0.29, 0.717) is 23.3 Å². The molecule has 1 aromatic heterocycles. The summed E-state index contributed by atoms with van der Waals surface area (Å²) in [6, 6.07) is 12.7. The van der Waals surface area contributed by atoms with Crippen molar-refractivity contribution in [1.82, 2.24) is 9.97 Å². The highest BCUT2D eigenvalue weighted by molar-refractivity contribution is 5.78. The maximum atomic E-state index is 13.2. The van der Waals surface area contributed by atoms with E-state index in [1.165, 1.54) is 12.1 Å². The molecule has 0 bridgehead atoms. The molecule has 0 N–H and O–H groups in total. The quantitative estimate of drug-likeness (QED) is 0.604. The molecule has 1 saturated carbocycles. The van der Waals surface area contributed by atoms with Crippen LogP contribution in [-0.4, -0.2) is 15.9 Å². The summed E-state index contributed by atoms with van der Waals surface area (Å²) < 4.78 is 44.9. The Kier molecular flexibility index (Phi) is 4.53. The molecule has 2 aromatic carbocycles. The largest absolute Gasteiger partial charge is 0.459 e. The summed E-state index contributed by atoms with van der Waals surface area (Å²) in [7, 11) is 0. The van der Waals surface area contributed by atoms with Crippen molar-refractivity contribution in [1.29, 1.82) is 0 Å². The van der Waals surface area contributed by atoms with Gasteiger partial charge in [0.25, 0.3) is 0 Å². The third kappa shape index (κ3) is 3.56. The zero-order chi connectivity index (χ0) is 19.9. The van der Waals surface area contributed by atoms with Gasteiger partial charge in [-0.2, -0.15) is 13.2 Å². The second-order valence-corrected chi connectivity index (χ2v) is 6.89. The Morgan fingerprint density at radius 2 is 1.71 bits per heavy atom. The first-order valence-electron chi connectivity index (χ1n) is 8.89. The van der Waals surface area contributed by atoms with Gasteiger partial charge in [0.15, 0.2) is 0 Å². The number of nitrogens with zero attached hydrogens (tertiary/aromatic N) is 2. The van der Waals surface area contributed by atoms with Crippen molar-refractivity contribution >= 4 is 17.0 Å². The molecule has 0 unspecified atom stereocenters. The predicted octanol–water partition coefficient (Wildman–Crippen LogP) is 4.80. The monoisotopic (exact) mass is 386 g/mol. The van der Waals surface area contributed by atoms with Crippen molar-refractivity contribution in [2.75, 3.05) is 0 Å². The zero-order valence-electron chi connectivity index (χ0n) is 15.0. The number of rotatable bonds is 4. The van der Waals surface area contributed by atoms with E-state index in [9.17, 15) is 18.0 Å². The molecule has 28 heavy (non-hydrogen) atoms. The van der Waals surface area contributed by atoms with Crippen LogP contribution >= 0.6 is 0 Å². The lowest BCUT2D eigenvalue weighted by atomic mass is 10.0. The minimum atomic E-state index is -4.44. The molecule has 0 spiro atoms. The summed E-state index contributed by atoms with van der Waals surface area (Å²) in [5.41, 5.74) is 2.11. The maximum absolute atomic E-state index is 13.2. The van der Waals surface area contributed by atoms with Crippen LogP contribution in [0.4, 0.5) is 13.2 Å². The van der Waals surface area contributed by atoms with E-state index in [0.717, 1.165) is 11.6 Å². The number of carbonyl (C=O) groups excluding carboxylic acids is 1. The molecule has 4 rings (SSSR count). The summed E-state index contributed by atoms with van der Waals surface area (Å²) in [6.45, 7) is 1.73. The van der Waals surface area contributed by atoms with Crippen LogP contribution in [0.5, 0.6) is 0 Å². The van der Waals surface area contributed by atoms with Gasteiger partial charge in [0, 0.05) is 0 Å². The van der Waals surface area contributed by atoms with E-state index in [2.05, 4.69) is 9.97 Å². The second-order valence-electron chi connectivity index (χ2n) is 6.89. The van der Waals surface area contributed by atoms with Crippen LogP contribution in [0.2, 0.25) is 0 Å². The van der Waals surface area contributed by atoms with Crippen LogP contribution < -0.4 is 0 Å². The number of hydrogen-bond donors (Lipinski definition) is 0. The van der Waals surface area contributed by atoms with E-state index in [1.54, 1.807) is 13.0 Å². The number of hydrogen-bond acceptors (Lipinski definition) is 4. The number of carbonyl (C=O) groups is 1. The van der Waals surface area contributed by atoms with Crippen molar-refractivity contribution in [3.05, 3.63) is 71.0 Å². The lowest BCUT2D eigenvalue weighted by molar-refractivity contribution is -0.147. The number of aryl methyl sites for hydroxylation is 1. The summed E-state index contributed by atoms with van der Waals surface area (Å²) >= 11 is 0. The number of benzene rings is 2. The van der Waals surface area contributed by atoms with Crippen molar-refractivity contribution in [2.45, 2.75) is 32.0 Å². The normalized spacial score (nSPS) is 18.9. The van der Waals surface area contributed by atoms with Crippen LogP contribution in [0.3, 0.4) is 0 Å². The van der Waals surface area contributed by atoms with Gasteiger partial charge < -0.3 is 4.74 Å². The molecule has 0 amide bonds. The molecule has 1 fully saturated rings. The van der Waals surface area contributed by atoms with Crippen molar-refractivity contribution < 1.29 is 22.7 Å². The maximum Gasteiger partial charge on any atom is 0.416 e. The van der Waals surface area contributed by atoms with Crippen molar-refractivity contribution in [3.63, 3.8) is 0 Å². The molecule has 0 saturated heterocycles. The Morgan fingerprint density at radius 1 is 1.07 bits per heavy atom. The predicted molar refractivity (Wildman–Crippen MR) is 96.4 cm³/mol. The molecule has 2 atom stereocenters. The highest BCUT2D eigenvalue weighted by Crippen LogP contribution is 2.51. The molecule has 3 aromatic rings. The standard InChI is InChI=1S/C21H17F3N2O2/c1-12-19(26-18-9-5-4-8-17(18)25-12)11-28-20(27)15-10-14(15)13-6-2-3-7-16(13)21(22,23)24/h2-9,14-15H,10-11H2,1H3/t14-,15+/m1/s1. The van der Waals surface area contributed by atoms with Crippen molar-refractivity contribution in [3.8, 4) is 0 Å². The van der Waals surface area contributed by atoms with Crippen LogP contribution in [-0.2, 0) is 22.3 Å². The summed E-state index contributed by atoms with van der Waals surface area (Å²) in [5, 5.41) is 0. The number of para-hydroxylation sites is 2. The molecule has 1 aliphatic rings. The molecular weight excluding hydrogens is 369 g/mol. The summed E-state index contributed by atoms with van der Waals surface area (Å²) in [5.74, 6) is -1.53. The molecule has 1 heterocycles. The van der Waals surface area contributed by atoms with E-state index in [1.807, 2.05) is 24.3 Å². The van der Waals surface area contributed by atoms with Gasteiger partial charge in [0.2, 0.25) is 0 Å². The average Bonchev–Trinajstić information content (AvgIpc) is 3.46. The fourth-order valence-corrected chi connectivity index (χ4v) is 3.39. The Balaban J connectivity index is 1.45. The summed E-state index contributed by atoms with van der Waals surface area (Å²) in [6.07, 6.45) is -4.08. The fraction of sp³-hybridized carbons (Fsp3) is 0.286. The van der Waals surface area contributed by atoms with Gasteiger partial charge in [-0.25, -0.2) is 9.97 Å². The van der Waals surface area contributed by atoms with Crippen molar-refractivity contribution in [2.24, 2.45) is 5.92 Å². The van der Waals surface area contributed by atoms with Gasteiger partial charge >= 0.3 is 12.1 Å². The van der Waals surface area contributed by atoms with Crippen LogP contribution in [0.1, 0.15) is 34.9 Å². The van der Waals surface area contributed by atoms with E-state index < -0.39 is 29.5 Å². The Hall–Kier alpha value is -2.96. The number of fused-ring (bicyclic) bond motifs is 1.